The van der Waals surface area contributed by atoms with Crippen molar-refractivity contribution in [2.75, 3.05) is 19.9 Å². The number of ether oxygens (including phenoxy) is 1. The summed E-state index contributed by atoms with van der Waals surface area (Å²) in [6.07, 6.45) is 2.15. The van der Waals surface area contributed by atoms with Gasteiger partial charge in [-0.15, -0.1) is 0 Å². The topological polar surface area (TPSA) is 124 Å². The highest BCUT2D eigenvalue weighted by molar-refractivity contribution is 8.13. The van der Waals surface area contributed by atoms with Crippen molar-refractivity contribution in [1.82, 2.24) is 10.6 Å². The number of amides is 1. The van der Waals surface area contributed by atoms with E-state index in [9.17, 15) is 14.7 Å². The zero-order valence-corrected chi connectivity index (χ0v) is 14.2. The molecule has 3 N–H and O–H groups in total. The van der Waals surface area contributed by atoms with Gasteiger partial charge in [0.2, 0.25) is 5.91 Å². The van der Waals surface area contributed by atoms with Crippen LogP contribution in [0.4, 0.5) is 0 Å². The molecule has 2 atom stereocenters. The molecule has 1 amide bonds. The van der Waals surface area contributed by atoms with Crippen molar-refractivity contribution >= 4 is 28.8 Å². The predicted octanol–water partition coefficient (Wildman–Crippen LogP) is -0.159. The van der Waals surface area contributed by atoms with Gasteiger partial charge in [0.15, 0.2) is 11.4 Å². The SMILES string of the molecule is COC(=O)C(CN=C(NC#N)SC)NC(=O)C(O)C(C)(C)C. The van der Waals surface area contributed by atoms with Gasteiger partial charge in [-0.3, -0.25) is 15.1 Å². The Bertz CT molecular complexity index is 468. The van der Waals surface area contributed by atoms with E-state index >= 15 is 0 Å². The van der Waals surface area contributed by atoms with Crippen molar-refractivity contribution in [2.45, 2.75) is 32.9 Å². The smallest absolute Gasteiger partial charge is 0.330 e. The molecule has 0 aromatic carbocycles. The molecule has 0 aliphatic rings. The largest absolute Gasteiger partial charge is 0.467 e. The molecule has 0 aromatic rings. The van der Waals surface area contributed by atoms with E-state index < -0.39 is 29.4 Å². The van der Waals surface area contributed by atoms with Crippen molar-refractivity contribution in [3.05, 3.63) is 0 Å². The number of aliphatic imine (C=N–C) groups is 1. The number of aliphatic hydroxyl groups excluding tert-OH is 1. The molecule has 0 aliphatic heterocycles. The summed E-state index contributed by atoms with van der Waals surface area (Å²) in [5.74, 6) is -1.37. The summed E-state index contributed by atoms with van der Waals surface area (Å²) in [5.41, 5.74) is -0.666. The zero-order chi connectivity index (χ0) is 17.3. The minimum Gasteiger partial charge on any atom is -0.467 e. The summed E-state index contributed by atoms with van der Waals surface area (Å²) in [4.78, 5) is 27.7. The van der Waals surface area contributed by atoms with E-state index in [0.717, 1.165) is 0 Å². The Morgan fingerprint density at radius 2 is 2.05 bits per heavy atom. The summed E-state index contributed by atoms with van der Waals surface area (Å²) < 4.78 is 4.61. The summed E-state index contributed by atoms with van der Waals surface area (Å²) in [6.45, 7) is 4.99. The first kappa shape index (κ1) is 20.2. The average molecular weight is 330 g/mol. The third kappa shape index (κ3) is 6.78. The van der Waals surface area contributed by atoms with Crippen LogP contribution >= 0.6 is 11.8 Å². The van der Waals surface area contributed by atoms with Crippen molar-refractivity contribution in [3.8, 4) is 6.19 Å². The van der Waals surface area contributed by atoms with Crippen molar-refractivity contribution in [3.63, 3.8) is 0 Å². The molecule has 0 fully saturated rings. The number of rotatable bonds is 5. The van der Waals surface area contributed by atoms with E-state index in [1.807, 2.05) is 0 Å². The highest BCUT2D eigenvalue weighted by Crippen LogP contribution is 2.19. The molecule has 0 bridgehead atoms. The maximum Gasteiger partial charge on any atom is 0.330 e. The van der Waals surface area contributed by atoms with Crippen LogP contribution in [-0.4, -0.2) is 54.2 Å². The monoisotopic (exact) mass is 330 g/mol. The fourth-order valence-corrected chi connectivity index (χ4v) is 1.69. The first-order valence-electron chi connectivity index (χ1n) is 6.47. The summed E-state index contributed by atoms with van der Waals surface area (Å²) in [6, 6.07) is -1.04. The molecule has 0 aromatic heterocycles. The lowest BCUT2D eigenvalue weighted by molar-refractivity contribution is -0.147. The number of hydrogen-bond donors (Lipinski definition) is 3. The number of carbonyl (C=O) groups excluding carboxylic acids is 2. The molecule has 0 rings (SSSR count). The number of methoxy groups -OCH3 is 1. The van der Waals surface area contributed by atoms with Gasteiger partial charge < -0.3 is 15.2 Å². The molecule has 8 nitrogen and oxygen atoms in total. The lowest BCUT2D eigenvalue weighted by Crippen LogP contribution is -2.50. The molecule has 9 heteroatoms. The lowest BCUT2D eigenvalue weighted by Gasteiger charge is -2.26. The van der Waals surface area contributed by atoms with E-state index in [0.29, 0.717) is 5.17 Å². The van der Waals surface area contributed by atoms with Crippen LogP contribution in [0, 0.1) is 16.9 Å². The second-order valence-corrected chi connectivity index (χ2v) is 6.23. The summed E-state index contributed by atoms with van der Waals surface area (Å²) in [7, 11) is 1.19. The molecule has 22 heavy (non-hydrogen) atoms. The Morgan fingerprint density at radius 3 is 2.45 bits per heavy atom. The minimum absolute atomic E-state index is 0.111. The number of aliphatic hydroxyl groups is 1. The standard InChI is InChI=1S/C13H22N4O4S/c1-13(2,3)9(18)10(19)17-8(11(20)21-4)6-15-12(22-5)16-7-14/h8-9,18H,6H2,1-5H3,(H,15,16)(H,17,19). The Labute approximate surface area is 134 Å². The molecule has 2 unspecified atom stereocenters. The quantitative estimate of drug-likeness (QED) is 0.210. The van der Waals surface area contributed by atoms with Crippen molar-refractivity contribution in [2.24, 2.45) is 10.4 Å². The summed E-state index contributed by atoms with van der Waals surface area (Å²) in [5, 5.41) is 23.5. The van der Waals surface area contributed by atoms with E-state index in [2.05, 4.69) is 20.4 Å². The maximum atomic E-state index is 12.0. The number of amidine groups is 1. The Morgan fingerprint density at radius 1 is 1.45 bits per heavy atom. The number of esters is 1. The fourth-order valence-electron chi connectivity index (χ4n) is 1.34. The van der Waals surface area contributed by atoms with Crippen LogP contribution in [0.1, 0.15) is 20.8 Å². The normalized spacial score (nSPS) is 14.5. The van der Waals surface area contributed by atoms with Crippen LogP contribution in [0.15, 0.2) is 4.99 Å². The van der Waals surface area contributed by atoms with Crippen LogP contribution in [0.5, 0.6) is 0 Å². The van der Waals surface area contributed by atoms with E-state index in [4.69, 9.17) is 5.26 Å². The molecule has 0 saturated carbocycles. The van der Waals surface area contributed by atoms with Crippen LogP contribution in [0.3, 0.4) is 0 Å². The third-order valence-corrected chi connectivity index (χ3v) is 3.26. The van der Waals surface area contributed by atoms with Gasteiger partial charge in [0.05, 0.1) is 13.7 Å². The van der Waals surface area contributed by atoms with E-state index in [1.165, 1.54) is 18.9 Å². The van der Waals surface area contributed by atoms with Gasteiger partial charge in [-0.05, 0) is 11.7 Å². The first-order chi connectivity index (χ1) is 10.2. The average Bonchev–Trinajstić information content (AvgIpc) is 2.46. The predicted molar refractivity (Wildman–Crippen MR) is 84.0 cm³/mol. The minimum atomic E-state index is -1.28. The summed E-state index contributed by atoms with van der Waals surface area (Å²) >= 11 is 1.19. The molecule has 0 heterocycles. The third-order valence-electron chi connectivity index (χ3n) is 2.64. The van der Waals surface area contributed by atoms with Gasteiger partial charge >= 0.3 is 5.97 Å². The van der Waals surface area contributed by atoms with E-state index in [-0.39, 0.29) is 6.54 Å². The number of nitrogens with one attached hydrogen (secondary N) is 2. The molecule has 0 radical (unpaired) electrons. The number of hydrogen-bond acceptors (Lipinski definition) is 7. The molecular formula is C13H22N4O4S. The highest BCUT2D eigenvalue weighted by atomic mass is 32.2. The maximum absolute atomic E-state index is 12.0. The van der Waals surface area contributed by atoms with Crippen molar-refractivity contribution in [1.29, 1.82) is 5.26 Å². The van der Waals surface area contributed by atoms with Gasteiger partial charge in [0.25, 0.3) is 0 Å². The number of thioether (sulfide) groups is 1. The molecular weight excluding hydrogens is 308 g/mol. The van der Waals surface area contributed by atoms with Crippen LogP contribution in [-0.2, 0) is 14.3 Å². The first-order valence-corrected chi connectivity index (χ1v) is 7.69. The fraction of sp³-hybridized carbons (Fsp3) is 0.692. The second kappa shape index (κ2) is 9.27. The van der Waals surface area contributed by atoms with Gasteiger partial charge in [0.1, 0.15) is 12.1 Å². The van der Waals surface area contributed by atoms with Crippen LogP contribution in [0.25, 0.3) is 0 Å². The van der Waals surface area contributed by atoms with Gasteiger partial charge in [-0.2, -0.15) is 5.26 Å². The number of carbonyl (C=O) groups is 2. The second-order valence-electron chi connectivity index (χ2n) is 5.44. The number of nitrogens with zero attached hydrogens (tertiary/aromatic N) is 2. The molecule has 0 spiro atoms. The van der Waals surface area contributed by atoms with Crippen LogP contribution in [0.2, 0.25) is 0 Å². The van der Waals surface area contributed by atoms with Crippen molar-refractivity contribution < 1.29 is 19.4 Å². The highest BCUT2D eigenvalue weighted by Gasteiger charge is 2.32. The van der Waals surface area contributed by atoms with Gasteiger partial charge in [-0.1, -0.05) is 32.5 Å². The van der Waals surface area contributed by atoms with Gasteiger partial charge in [0, 0.05) is 0 Å². The van der Waals surface area contributed by atoms with E-state index in [1.54, 1.807) is 33.2 Å². The van der Waals surface area contributed by atoms with Crippen LogP contribution < -0.4 is 10.6 Å². The van der Waals surface area contributed by atoms with Gasteiger partial charge in [-0.25, -0.2) is 4.79 Å². The lowest BCUT2D eigenvalue weighted by atomic mass is 9.88. The molecule has 124 valence electrons. The Balaban J connectivity index is 4.98. The Kier molecular flexibility index (Phi) is 8.52. The zero-order valence-electron chi connectivity index (χ0n) is 13.3. The Hall–Kier alpha value is -1.79. The molecule has 0 aliphatic carbocycles. The molecule has 0 saturated heterocycles. The number of nitriles is 1.